The average Bonchev–Trinajstić information content (AvgIpc) is 3.36. The SMILES string of the molecule is CCCCC1N(CC2CCCCC2)C(=O)OC12CCN(C1CC3CCC(C1)N3C(=O)c1c(C)cccc1C)CC2. The quantitative estimate of drug-likeness (QED) is 0.373. The van der Waals surface area contributed by atoms with Crippen LogP contribution in [-0.4, -0.2) is 76.1 Å². The third-order valence-corrected chi connectivity index (χ3v) is 11.3. The van der Waals surface area contributed by atoms with Crippen LogP contribution < -0.4 is 0 Å². The molecule has 40 heavy (non-hydrogen) atoms. The van der Waals surface area contributed by atoms with E-state index in [2.05, 4.69) is 53.7 Å². The largest absolute Gasteiger partial charge is 0.440 e. The Balaban J connectivity index is 1.10. The van der Waals surface area contributed by atoms with Gasteiger partial charge in [-0.25, -0.2) is 4.79 Å². The highest BCUT2D eigenvalue weighted by molar-refractivity contribution is 5.97. The minimum absolute atomic E-state index is 0.0449. The number of piperidine rings is 2. The van der Waals surface area contributed by atoms with E-state index >= 15 is 0 Å². The molecule has 220 valence electrons. The first-order valence-corrected chi connectivity index (χ1v) is 16.5. The Labute approximate surface area is 241 Å². The van der Waals surface area contributed by atoms with Crippen LogP contribution in [0.5, 0.6) is 0 Å². The lowest BCUT2D eigenvalue weighted by atomic mass is 9.80. The van der Waals surface area contributed by atoms with E-state index in [-0.39, 0.29) is 23.6 Å². The van der Waals surface area contributed by atoms with Crippen molar-refractivity contribution in [1.29, 1.82) is 0 Å². The van der Waals surface area contributed by atoms with Crippen molar-refractivity contribution in [3.63, 3.8) is 0 Å². The fourth-order valence-corrected chi connectivity index (χ4v) is 9.14. The normalized spacial score (nSPS) is 30.7. The maximum absolute atomic E-state index is 13.7. The second-order valence-electron chi connectivity index (χ2n) is 13.8. The maximum atomic E-state index is 13.7. The van der Waals surface area contributed by atoms with E-state index in [1.54, 1.807) is 0 Å². The van der Waals surface area contributed by atoms with Crippen LogP contribution in [0.4, 0.5) is 4.79 Å². The van der Waals surface area contributed by atoms with Crippen molar-refractivity contribution in [3.8, 4) is 0 Å². The van der Waals surface area contributed by atoms with E-state index in [4.69, 9.17) is 4.74 Å². The van der Waals surface area contributed by atoms with Gasteiger partial charge >= 0.3 is 6.09 Å². The van der Waals surface area contributed by atoms with Gasteiger partial charge in [-0.1, -0.05) is 57.2 Å². The van der Waals surface area contributed by atoms with Gasteiger partial charge in [-0.05, 0) is 75.8 Å². The maximum Gasteiger partial charge on any atom is 0.410 e. The van der Waals surface area contributed by atoms with Gasteiger partial charge in [-0.2, -0.15) is 0 Å². The molecule has 6 rings (SSSR count). The standard InChI is InChI=1S/C34H51N3O3/c1-4-5-14-30-34(40-33(39)36(30)23-26-12-7-6-8-13-26)17-19-35(20-18-34)29-21-27-15-16-28(22-29)37(27)32(38)31-24(2)10-9-11-25(31)3/h9-11,26-30H,4-8,12-23H2,1-3H3. The van der Waals surface area contributed by atoms with Crippen molar-refractivity contribution in [2.75, 3.05) is 19.6 Å². The minimum atomic E-state index is -0.310. The average molecular weight is 550 g/mol. The van der Waals surface area contributed by atoms with Crippen molar-refractivity contribution >= 4 is 12.0 Å². The second kappa shape index (κ2) is 11.7. The van der Waals surface area contributed by atoms with Crippen LogP contribution in [-0.2, 0) is 4.74 Å². The van der Waals surface area contributed by atoms with Crippen LogP contribution in [0.1, 0.15) is 118 Å². The Morgan fingerprint density at radius 3 is 2.23 bits per heavy atom. The van der Waals surface area contributed by atoms with Gasteiger partial charge in [0.15, 0.2) is 0 Å². The van der Waals surface area contributed by atoms with Gasteiger partial charge in [0.05, 0.1) is 6.04 Å². The zero-order valence-electron chi connectivity index (χ0n) is 25.2. The molecule has 1 aliphatic carbocycles. The molecule has 3 atom stereocenters. The summed E-state index contributed by atoms with van der Waals surface area (Å²) in [5, 5.41) is 0. The number of aryl methyl sites for hydroxylation is 2. The summed E-state index contributed by atoms with van der Waals surface area (Å²) in [7, 11) is 0. The highest BCUT2D eigenvalue weighted by atomic mass is 16.6. The van der Waals surface area contributed by atoms with E-state index in [9.17, 15) is 9.59 Å². The number of unbranched alkanes of at least 4 members (excludes halogenated alkanes) is 1. The first-order chi connectivity index (χ1) is 19.4. The van der Waals surface area contributed by atoms with E-state index < -0.39 is 0 Å². The molecule has 2 amide bonds. The molecule has 1 saturated carbocycles. The van der Waals surface area contributed by atoms with Gasteiger partial charge in [0.2, 0.25) is 0 Å². The summed E-state index contributed by atoms with van der Waals surface area (Å²) in [5.41, 5.74) is 2.79. The van der Waals surface area contributed by atoms with E-state index in [0.717, 1.165) is 94.1 Å². The Morgan fingerprint density at radius 2 is 1.60 bits per heavy atom. The highest BCUT2D eigenvalue weighted by Gasteiger charge is 2.55. The van der Waals surface area contributed by atoms with Crippen LogP contribution in [0.25, 0.3) is 0 Å². The summed E-state index contributed by atoms with van der Waals surface area (Å²) in [6, 6.07) is 7.64. The number of benzene rings is 1. The van der Waals surface area contributed by atoms with Crippen molar-refractivity contribution < 1.29 is 14.3 Å². The highest BCUT2D eigenvalue weighted by Crippen LogP contribution is 2.45. The molecular formula is C34H51N3O3. The second-order valence-corrected chi connectivity index (χ2v) is 13.8. The molecule has 3 unspecified atom stereocenters. The van der Waals surface area contributed by atoms with Crippen molar-refractivity contribution in [1.82, 2.24) is 14.7 Å². The van der Waals surface area contributed by atoms with Crippen LogP contribution in [0.2, 0.25) is 0 Å². The Kier molecular flexibility index (Phi) is 8.18. The zero-order valence-corrected chi connectivity index (χ0v) is 25.2. The molecule has 4 saturated heterocycles. The number of rotatable bonds is 7. The first-order valence-electron chi connectivity index (χ1n) is 16.5. The smallest absolute Gasteiger partial charge is 0.410 e. The summed E-state index contributed by atoms with van der Waals surface area (Å²) in [6.45, 7) is 9.29. The Hall–Kier alpha value is -2.08. The molecule has 1 spiro atoms. The van der Waals surface area contributed by atoms with Crippen molar-refractivity contribution in [2.45, 2.75) is 140 Å². The number of hydrogen-bond donors (Lipinski definition) is 0. The van der Waals surface area contributed by atoms with Crippen LogP contribution in [0, 0.1) is 19.8 Å². The number of likely N-dealkylation sites (tertiary alicyclic amines) is 1. The van der Waals surface area contributed by atoms with Crippen molar-refractivity contribution in [2.24, 2.45) is 5.92 Å². The third kappa shape index (κ3) is 5.18. The molecule has 4 heterocycles. The van der Waals surface area contributed by atoms with Gasteiger partial charge in [0, 0.05) is 56.2 Å². The monoisotopic (exact) mass is 549 g/mol. The number of fused-ring (bicyclic) bond motifs is 2. The number of carbonyl (C=O) groups excluding carboxylic acids is 2. The van der Waals surface area contributed by atoms with Crippen LogP contribution in [0.3, 0.4) is 0 Å². The molecule has 1 aromatic carbocycles. The van der Waals surface area contributed by atoms with Gasteiger partial charge in [-0.3, -0.25) is 9.69 Å². The molecular weight excluding hydrogens is 498 g/mol. The number of amides is 2. The molecule has 5 fully saturated rings. The summed E-state index contributed by atoms with van der Waals surface area (Å²) in [6.07, 6.45) is 16.1. The first kappa shape index (κ1) is 28.1. The molecule has 2 bridgehead atoms. The molecule has 1 aromatic rings. The van der Waals surface area contributed by atoms with E-state index in [1.165, 1.54) is 32.1 Å². The number of carbonyl (C=O) groups is 2. The topological polar surface area (TPSA) is 53.1 Å². The van der Waals surface area contributed by atoms with Crippen molar-refractivity contribution in [3.05, 3.63) is 34.9 Å². The van der Waals surface area contributed by atoms with Crippen LogP contribution in [0.15, 0.2) is 18.2 Å². The predicted octanol–water partition coefficient (Wildman–Crippen LogP) is 6.86. The molecule has 0 radical (unpaired) electrons. The number of hydrogen-bond acceptors (Lipinski definition) is 4. The number of nitrogens with zero attached hydrogens (tertiary/aromatic N) is 3. The lowest BCUT2D eigenvalue weighted by Crippen LogP contribution is -2.58. The molecule has 6 nitrogen and oxygen atoms in total. The van der Waals surface area contributed by atoms with Gasteiger partial charge in [0.1, 0.15) is 5.60 Å². The number of ether oxygens (including phenoxy) is 1. The van der Waals surface area contributed by atoms with E-state index in [1.807, 2.05) is 0 Å². The summed E-state index contributed by atoms with van der Waals surface area (Å²) >= 11 is 0. The van der Waals surface area contributed by atoms with Gasteiger partial charge < -0.3 is 14.5 Å². The zero-order chi connectivity index (χ0) is 27.9. The molecule has 5 aliphatic rings. The summed E-state index contributed by atoms with van der Waals surface area (Å²) in [5.74, 6) is 0.890. The Morgan fingerprint density at radius 1 is 0.950 bits per heavy atom. The van der Waals surface area contributed by atoms with Crippen LogP contribution >= 0.6 is 0 Å². The predicted molar refractivity (Wildman–Crippen MR) is 159 cm³/mol. The van der Waals surface area contributed by atoms with Gasteiger partial charge in [-0.15, -0.1) is 0 Å². The fraction of sp³-hybridized carbons (Fsp3) is 0.765. The molecule has 0 N–H and O–H groups in total. The van der Waals surface area contributed by atoms with Gasteiger partial charge in [0.25, 0.3) is 5.91 Å². The molecule has 6 heteroatoms. The molecule has 0 aromatic heterocycles. The lowest BCUT2D eigenvalue weighted by molar-refractivity contribution is -0.0428. The third-order valence-electron chi connectivity index (χ3n) is 11.3. The van der Waals surface area contributed by atoms with E-state index in [0.29, 0.717) is 24.0 Å². The Bertz CT molecular complexity index is 1040. The summed E-state index contributed by atoms with van der Waals surface area (Å²) < 4.78 is 6.37. The summed E-state index contributed by atoms with van der Waals surface area (Å²) in [4.78, 5) is 34.1. The lowest BCUT2D eigenvalue weighted by Gasteiger charge is -2.48. The minimum Gasteiger partial charge on any atom is -0.440 e. The fourth-order valence-electron chi connectivity index (χ4n) is 9.14. The molecule has 4 aliphatic heterocycles.